The maximum atomic E-state index is 13.4. The SMILES string of the molecule is C[C@H](CNC(=O)c1ccc(F)cc1F)N1CCCC1. The van der Waals surface area contributed by atoms with Crippen LogP contribution in [0.1, 0.15) is 30.1 Å². The van der Waals surface area contributed by atoms with Crippen molar-refractivity contribution in [3.8, 4) is 0 Å². The van der Waals surface area contributed by atoms with Gasteiger partial charge in [0.05, 0.1) is 5.56 Å². The van der Waals surface area contributed by atoms with Crippen molar-refractivity contribution in [1.82, 2.24) is 10.2 Å². The Balaban J connectivity index is 1.90. The molecule has 5 heteroatoms. The van der Waals surface area contributed by atoms with Crippen LogP contribution in [-0.4, -0.2) is 36.5 Å². The number of carbonyl (C=O) groups is 1. The minimum Gasteiger partial charge on any atom is -0.350 e. The second kappa shape index (κ2) is 6.10. The molecule has 0 spiro atoms. The molecular formula is C14H18F2N2O. The minimum atomic E-state index is -0.827. The van der Waals surface area contributed by atoms with Crippen LogP contribution in [0.5, 0.6) is 0 Å². The van der Waals surface area contributed by atoms with Crippen molar-refractivity contribution in [2.75, 3.05) is 19.6 Å². The van der Waals surface area contributed by atoms with Crippen molar-refractivity contribution in [3.63, 3.8) is 0 Å². The molecule has 0 radical (unpaired) electrons. The molecule has 0 bridgehead atoms. The van der Waals surface area contributed by atoms with Gasteiger partial charge in [-0.25, -0.2) is 8.78 Å². The van der Waals surface area contributed by atoms with Gasteiger partial charge < -0.3 is 5.32 Å². The van der Waals surface area contributed by atoms with Crippen molar-refractivity contribution in [2.24, 2.45) is 0 Å². The van der Waals surface area contributed by atoms with E-state index in [0.29, 0.717) is 6.54 Å². The zero-order valence-electron chi connectivity index (χ0n) is 11.0. The Hall–Kier alpha value is -1.49. The van der Waals surface area contributed by atoms with E-state index in [9.17, 15) is 13.6 Å². The molecule has 0 aromatic heterocycles. The maximum Gasteiger partial charge on any atom is 0.254 e. The molecule has 19 heavy (non-hydrogen) atoms. The number of carbonyl (C=O) groups excluding carboxylic acids is 1. The minimum absolute atomic E-state index is 0.116. The third-order valence-corrected chi connectivity index (χ3v) is 3.50. The van der Waals surface area contributed by atoms with Gasteiger partial charge in [0.25, 0.3) is 5.91 Å². The second-order valence-corrected chi connectivity index (χ2v) is 4.93. The molecule has 3 nitrogen and oxygen atoms in total. The lowest BCUT2D eigenvalue weighted by molar-refractivity contribution is 0.0936. The molecule has 1 N–H and O–H groups in total. The van der Waals surface area contributed by atoms with Crippen LogP contribution < -0.4 is 5.32 Å². The fraction of sp³-hybridized carbons (Fsp3) is 0.500. The molecule has 0 saturated carbocycles. The number of hydrogen-bond donors (Lipinski definition) is 1. The average molecular weight is 268 g/mol. The highest BCUT2D eigenvalue weighted by molar-refractivity contribution is 5.94. The summed E-state index contributed by atoms with van der Waals surface area (Å²) >= 11 is 0. The predicted octanol–water partition coefficient (Wildman–Crippen LogP) is 2.18. The Morgan fingerprint density at radius 1 is 1.37 bits per heavy atom. The van der Waals surface area contributed by atoms with Crippen LogP contribution in [0.3, 0.4) is 0 Å². The van der Waals surface area contributed by atoms with Crippen molar-refractivity contribution in [2.45, 2.75) is 25.8 Å². The number of halogens is 2. The first-order chi connectivity index (χ1) is 9.08. The summed E-state index contributed by atoms with van der Waals surface area (Å²) in [6, 6.07) is 3.20. The van der Waals surface area contributed by atoms with Crippen molar-refractivity contribution >= 4 is 5.91 Å². The summed E-state index contributed by atoms with van der Waals surface area (Å²) in [4.78, 5) is 14.1. The zero-order valence-corrected chi connectivity index (χ0v) is 11.0. The normalized spacial score (nSPS) is 17.4. The average Bonchev–Trinajstić information content (AvgIpc) is 2.89. The van der Waals surface area contributed by atoms with Crippen molar-refractivity contribution < 1.29 is 13.6 Å². The molecule has 1 atom stereocenters. The predicted molar refractivity (Wildman–Crippen MR) is 69.0 cm³/mol. The molecule has 1 aromatic rings. The molecule has 1 heterocycles. The number of nitrogens with zero attached hydrogens (tertiary/aromatic N) is 1. The number of nitrogens with one attached hydrogen (secondary N) is 1. The molecule has 1 saturated heterocycles. The lowest BCUT2D eigenvalue weighted by Crippen LogP contribution is -2.40. The summed E-state index contributed by atoms with van der Waals surface area (Å²) in [6.07, 6.45) is 2.37. The smallest absolute Gasteiger partial charge is 0.254 e. The van der Waals surface area contributed by atoms with E-state index in [1.54, 1.807) is 0 Å². The molecule has 1 aromatic carbocycles. The first kappa shape index (κ1) is 13.9. The quantitative estimate of drug-likeness (QED) is 0.907. The van der Waals surface area contributed by atoms with Gasteiger partial charge in [0.2, 0.25) is 0 Å². The van der Waals surface area contributed by atoms with E-state index in [2.05, 4.69) is 10.2 Å². The van der Waals surface area contributed by atoms with Crippen LogP contribution >= 0.6 is 0 Å². The molecule has 0 aliphatic carbocycles. The lowest BCUT2D eigenvalue weighted by Gasteiger charge is -2.23. The molecule has 2 rings (SSSR count). The lowest BCUT2D eigenvalue weighted by atomic mass is 10.2. The Morgan fingerprint density at radius 2 is 2.05 bits per heavy atom. The van der Waals surface area contributed by atoms with Gasteiger partial charge in [0.15, 0.2) is 0 Å². The van der Waals surface area contributed by atoms with Crippen LogP contribution in [0, 0.1) is 11.6 Å². The molecule has 0 unspecified atom stereocenters. The molecular weight excluding hydrogens is 250 g/mol. The maximum absolute atomic E-state index is 13.4. The molecule has 1 amide bonds. The van der Waals surface area contributed by atoms with Crippen LogP contribution in [0.15, 0.2) is 18.2 Å². The van der Waals surface area contributed by atoms with Crippen molar-refractivity contribution in [1.29, 1.82) is 0 Å². The van der Waals surface area contributed by atoms with Gasteiger partial charge in [-0.15, -0.1) is 0 Å². The number of amides is 1. The monoisotopic (exact) mass is 268 g/mol. The molecule has 104 valence electrons. The van der Waals surface area contributed by atoms with E-state index in [1.807, 2.05) is 6.92 Å². The number of hydrogen-bond acceptors (Lipinski definition) is 2. The fourth-order valence-electron chi connectivity index (χ4n) is 2.32. The highest BCUT2D eigenvalue weighted by Crippen LogP contribution is 2.12. The Bertz CT molecular complexity index is 459. The summed E-state index contributed by atoms with van der Waals surface area (Å²) in [6.45, 7) is 4.59. The van der Waals surface area contributed by atoms with Gasteiger partial charge in [0, 0.05) is 18.7 Å². The number of rotatable bonds is 4. The molecule has 1 aliphatic heterocycles. The summed E-state index contributed by atoms with van der Waals surface area (Å²) in [5, 5.41) is 2.69. The van der Waals surface area contributed by atoms with Crippen molar-refractivity contribution in [3.05, 3.63) is 35.4 Å². The van der Waals surface area contributed by atoms with Crippen LogP contribution in [-0.2, 0) is 0 Å². The fourth-order valence-corrected chi connectivity index (χ4v) is 2.32. The van der Waals surface area contributed by atoms with E-state index in [-0.39, 0.29) is 11.6 Å². The van der Waals surface area contributed by atoms with Crippen LogP contribution in [0.2, 0.25) is 0 Å². The highest BCUT2D eigenvalue weighted by Gasteiger charge is 2.19. The van der Waals surface area contributed by atoms with E-state index in [1.165, 1.54) is 18.9 Å². The summed E-state index contributed by atoms with van der Waals surface area (Å²) in [5.41, 5.74) is -0.116. The van der Waals surface area contributed by atoms with E-state index in [0.717, 1.165) is 25.2 Å². The molecule has 1 fully saturated rings. The Kier molecular flexibility index (Phi) is 4.47. The summed E-state index contributed by atoms with van der Waals surface area (Å²) < 4.78 is 26.2. The summed E-state index contributed by atoms with van der Waals surface area (Å²) in [7, 11) is 0. The Labute approximate surface area is 111 Å². The Morgan fingerprint density at radius 3 is 2.68 bits per heavy atom. The van der Waals surface area contributed by atoms with Gasteiger partial charge in [-0.05, 0) is 45.0 Å². The van der Waals surface area contributed by atoms with E-state index in [4.69, 9.17) is 0 Å². The third-order valence-electron chi connectivity index (χ3n) is 3.50. The van der Waals surface area contributed by atoms with Gasteiger partial charge >= 0.3 is 0 Å². The second-order valence-electron chi connectivity index (χ2n) is 4.93. The van der Waals surface area contributed by atoms with E-state index < -0.39 is 17.5 Å². The highest BCUT2D eigenvalue weighted by atomic mass is 19.1. The number of benzene rings is 1. The van der Waals surface area contributed by atoms with Crippen LogP contribution in [0.25, 0.3) is 0 Å². The van der Waals surface area contributed by atoms with Gasteiger partial charge in [0.1, 0.15) is 11.6 Å². The van der Waals surface area contributed by atoms with Gasteiger partial charge in [-0.2, -0.15) is 0 Å². The first-order valence-corrected chi connectivity index (χ1v) is 6.55. The van der Waals surface area contributed by atoms with Gasteiger partial charge in [-0.3, -0.25) is 9.69 Å². The first-order valence-electron chi connectivity index (χ1n) is 6.55. The van der Waals surface area contributed by atoms with E-state index >= 15 is 0 Å². The largest absolute Gasteiger partial charge is 0.350 e. The summed E-state index contributed by atoms with van der Waals surface area (Å²) in [5.74, 6) is -2.01. The zero-order chi connectivity index (χ0) is 13.8. The van der Waals surface area contributed by atoms with Gasteiger partial charge in [-0.1, -0.05) is 0 Å². The standard InChI is InChI=1S/C14H18F2N2O/c1-10(18-6-2-3-7-18)9-17-14(19)12-5-4-11(15)8-13(12)16/h4-5,8,10H,2-3,6-7,9H2,1H3,(H,17,19)/t10-/m1/s1. The molecule has 1 aliphatic rings. The number of likely N-dealkylation sites (tertiary alicyclic amines) is 1. The van der Waals surface area contributed by atoms with Crippen LogP contribution in [0.4, 0.5) is 8.78 Å². The topological polar surface area (TPSA) is 32.3 Å². The third kappa shape index (κ3) is 3.50.